The predicted octanol–water partition coefficient (Wildman–Crippen LogP) is -1.45. The maximum atomic E-state index is 0. The van der Waals surface area contributed by atoms with Crippen LogP contribution in [0.25, 0.3) is 0 Å². The van der Waals surface area contributed by atoms with E-state index in [0.717, 1.165) is 0 Å². The fourth-order valence-electron chi connectivity index (χ4n) is 0. The minimum absolute atomic E-state index is 0. The number of halogens is 1. The van der Waals surface area contributed by atoms with Crippen molar-refractivity contribution in [3.05, 3.63) is 0 Å². The summed E-state index contributed by atoms with van der Waals surface area (Å²) in [5.41, 5.74) is 0. The molecule has 0 aliphatic rings. The van der Waals surface area contributed by atoms with Gasteiger partial charge in [-0.1, -0.05) is 0 Å². The van der Waals surface area contributed by atoms with Gasteiger partial charge in [0.05, 0.1) is 12.4 Å². The van der Waals surface area contributed by atoms with E-state index in [1.54, 1.807) is 0 Å². The Morgan fingerprint density at radius 3 is 0.600 bits per heavy atom. The van der Waals surface area contributed by atoms with Crippen LogP contribution >= 0.6 is 0 Å². The van der Waals surface area contributed by atoms with Gasteiger partial charge in [-0.25, -0.2) is 0 Å². The molecule has 0 aromatic heterocycles. The minimum Gasteiger partial charge on any atom is -0.870 e. The van der Waals surface area contributed by atoms with Gasteiger partial charge in [-0.3, -0.25) is 0 Å². The third-order valence-corrected chi connectivity index (χ3v) is 0. The molecular formula is H5CaClO3. The molecular weight excluding hydrogens is 124 g/mol. The first-order valence-corrected chi connectivity index (χ1v) is 0. The van der Waals surface area contributed by atoms with Crippen LogP contribution in [-0.4, -0.2) is 54.2 Å². The van der Waals surface area contributed by atoms with Crippen molar-refractivity contribution in [1.29, 1.82) is 0 Å². The smallest absolute Gasteiger partial charge is 0.870 e. The molecule has 0 aliphatic heterocycles. The molecule has 0 radical (unpaired) electrons. The van der Waals surface area contributed by atoms with E-state index < -0.39 is 0 Å². The molecule has 5 heavy (non-hydrogen) atoms. The summed E-state index contributed by atoms with van der Waals surface area (Å²) < 4.78 is 0. The number of rotatable bonds is 0. The second-order valence-electron chi connectivity index (χ2n) is 0. The largest absolute Gasteiger partial charge is 2.00 e. The van der Waals surface area contributed by atoms with Crippen molar-refractivity contribution < 1.29 is 28.8 Å². The maximum absolute atomic E-state index is 0. The Bertz CT molecular complexity index is 6.85. The molecule has 0 aromatic carbocycles. The van der Waals surface area contributed by atoms with Crippen LogP contribution in [0, 0.1) is 12.4 Å². The molecule has 0 atom stereocenters. The van der Waals surface area contributed by atoms with Crippen LogP contribution in [0.15, 0.2) is 0 Å². The summed E-state index contributed by atoms with van der Waals surface area (Å²) in [7, 11) is 0. The van der Waals surface area contributed by atoms with Crippen LogP contribution in [0.3, 0.4) is 0 Å². The summed E-state index contributed by atoms with van der Waals surface area (Å²) in [4.78, 5) is 0. The summed E-state index contributed by atoms with van der Waals surface area (Å²) in [5.74, 6) is 0. The molecule has 0 saturated carbocycles. The van der Waals surface area contributed by atoms with E-state index >= 15 is 0 Å². The first kappa shape index (κ1) is 92.7. The second kappa shape index (κ2) is 52.1. The first-order valence-electron chi connectivity index (χ1n) is 0. The van der Waals surface area contributed by atoms with E-state index in [-0.39, 0.29) is 66.6 Å². The van der Waals surface area contributed by atoms with E-state index in [1.165, 1.54) is 0 Å². The molecule has 0 fully saturated rings. The second-order valence-corrected chi connectivity index (χ2v) is 0. The third-order valence-electron chi connectivity index (χ3n) is 0. The molecule has 0 heterocycles. The quantitative estimate of drug-likeness (QED) is 0.374. The molecule has 0 amide bonds. The Hall–Kier alpha value is 1.43. The molecule has 0 aromatic rings. The van der Waals surface area contributed by atoms with Crippen LogP contribution in [0.4, 0.5) is 0 Å². The average molecular weight is 129 g/mol. The van der Waals surface area contributed by atoms with Crippen molar-refractivity contribution in [1.82, 2.24) is 0 Å². The van der Waals surface area contributed by atoms with Crippen LogP contribution < -0.4 is 0 Å². The summed E-state index contributed by atoms with van der Waals surface area (Å²) in [6.07, 6.45) is 0. The zero-order valence-electron chi connectivity index (χ0n) is 2.50. The Morgan fingerprint density at radius 2 is 0.600 bits per heavy atom. The Kier molecular flexibility index (Phi) is 967. The summed E-state index contributed by atoms with van der Waals surface area (Å²) in [6, 6.07) is 0. The van der Waals surface area contributed by atoms with Gasteiger partial charge in [0, 0.05) is 0 Å². The van der Waals surface area contributed by atoms with Crippen molar-refractivity contribution >= 4 is 37.7 Å². The van der Waals surface area contributed by atoms with E-state index in [4.69, 9.17) is 0 Å². The van der Waals surface area contributed by atoms with Crippen LogP contribution in [0.2, 0.25) is 0 Å². The van der Waals surface area contributed by atoms with E-state index in [9.17, 15) is 0 Å². The monoisotopic (exact) mass is 128 g/mol. The van der Waals surface area contributed by atoms with Crippen LogP contribution in [0.5, 0.6) is 0 Å². The standard InChI is InChI=1S/Ca.ClH2.3H2O/h;4*1H2/q+2;+1;;;/p-3. The van der Waals surface area contributed by atoms with Gasteiger partial charge in [-0.05, 0) is 0 Å². The number of hydrogen-bond acceptors (Lipinski definition) is 3. The van der Waals surface area contributed by atoms with E-state index in [1.807, 2.05) is 0 Å². The molecule has 3 N–H and O–H groups in total. The fraction of sp³-hybridized carbons (Fsp3) is 0. The average Bonchev–Trinajstić information content (AvgIpc) is 0. The molecule has 0 unspecified atom stereocenters. The van der Waals surface area contributed by atoms with Gasteiger partial charge < -0.3 is 16.4 Å². The SMILES string of the molecule is [Ca+2].[ClH2+].[OH-].[OH-].[OH-]. The summed E-state index contributed by atoms with van der Waals surface area (Å²) in [6.45, 7) is 0. The molecule has 0 aliphatic carbocycles. The molecule has 0 saturated heterocycles. The molecule has 0 rings (SSSR count). The van der Waals surface area contributed by atoms with Crippen molar-refractivity contribution in [2.24, 2.45) is 0 Å². The number of hydrogen-bond donors (Lipinski definition) is 0. The van der Waals surface area contributed by atoms with Crippen molar-refractivity contribution in [2.45, 2.75) is 0 Å². The third kappa shape index (κ3) is 31.2. The normalized spacial score (nSPS) is 0. The predicted molar refractivity (Wildman–Crippen MR) is 14.4 cm³/mol. The van der Waals surface area contributed by atoms with Crippen molar-refractivity contribution in [3.8, 4) is 0 Å². The fourth-order valence-corrected chi connectivity index (χ4v) is 0. The summed E-state index contributed by atoms with van der Waals surface area (Å²) in [5, 5.41) is 0. The van der Waals surface area contributed by atoms with Crippen LogP contribution in [-0.2, 0) is 0 Å². The Balaban J connectivity index is 0. The zero-order chi connectivity index (χ0) is 0. The summed E-state index contributed by atoms with van der Waals surface area (Å²) >= 11 is 0. The van der Waals surface area contributed by atoms with Gasteiger partial charge in [0.15, 0.2) is 0 Å². The maximum Gasteiger partial charge on any atom is 2.00 e. The molecule has 32 valence electrons. The molecule has 0 bridgehead atoms. The molecule has 3 nitrogen and oxygen atoms in total. The van der Waals surface area contributed by atoms with Crippen molar-refractivity contribution in [3.63, 3.8) is 0 Å². The Labute approximate surface area is 66.1 Å². The minimum atomic E-state index is 0. The van der Waals surface area contributed by atoms with E-state index in [0.29, 0.717) is 0 Å². The van der Waals surface area contributed by atoms with Gasteiger partial charge in [0.25, 0.3) is 0 Å². The zero-order valence-corrected chi connectivity index (χ0v) is 5.60. The van der Waals surface area contributed by atoms with Gasteiger partial charge >= 0.3 is 37.7 Å². The van der Waals surface area contributed by atoms with Gasteiger partial charge in [0.1, 0.15) is 0 Å². The first-order chi connectivity index (χ1) is 0. The van der Waals surface area contributed by atoms with Gasteiger partial charge in [-0.2, -0.15) is 0 Å². The van der Waals surface area contributed by atoms with Crippen molar-refractivity contribution in [2.75, 3.05) is 0 Å². The topological polar surface area (TPSA) is 90.0 Å². The van der Waals surface area contributed by atoms with Gasteiger partial charge in [-0.15, -0.1) is 0 Å². The molecule has 0 spiro atoms. The Morgan fingerprint density at radius 1 is 0.600 bits per heavy atom. The van der Waals surface area contributed by atoms with E-state index in [2.05, 4.69) is 0 Å². The molecule has 5 heteroatoms. The van der Waals surface area contributed by atoms with Gasteiger partial charge in [0.2, 0.25) is 0 Å². The van der Waals surface area contributed by atoms with Crippen LogP contribution in [0.1, 0.15) is 0 Å².